The van der Waals surface area contributed by atoms with Crippen LogP contribution >= 0.6 is 0 Å². The topological polar surface area (TPSA) is 72.0 Å². The number of nitrogens with one attached hydrogen (secondary N) is 1. The van der Waals surface area contributed by atoms with Gasteiger partial charge in [0.15, 0.2) is 0 Å². The van der Waals surface area contributed by atoms with Gasteiger partial charge in [0.05, 0.1) is 6.61 Å². The molecule has 4 heteroatoms. The standard InChI is InChI=1S/C13H19N3O/c14-13(15)12-11(5-2-7-16-12)9-17-8-6-10-3-1-4-10/h2,5,7,10H,1,3-4,6,8-9H2,(H3,14,15). The second-order valence-corrected chi connectivity index (χ2v) is 4.56. The number of pyridine rings is 1. The smallest absolute Gasteiger partial charge is 0.142 e. The number of hydrogen-bond acceptors (Lipinski definition) is 3. The summed E-state index contributed by atoms with van der Waals surface area (Å²) in [4.78, 5) is 4.09. The number of nitrogens with zero attached hydrogens (tertiary/aromatic N) is 1. The molecule has 0 aliphatic heterocycles. The maximum atomic E-state index is 7.42. The molecular formula is C13H19N3O. The SMILES string of the molecule is N=C(N)c1ncccc1COCCC1CCC1. The van der Waals surface area contributed by atoms with Crippen LogP contribution in [-0.4, -0.2) is 17.4 Å². The first kappa shape index (κ1) is 12.0. The Morgan fingerprint density at radius 1 is 1.53 bits per heavy atom. The second-order valence-electron chi connectivity index (χ2n) is 4.56. The van der Waals surface area contributed by atoms with E-state index in [1.165, 1.54) is 19.3 Å². The zero-order chi connectivity index (χ0) is 12.1. The lowest BCUT2D eigenvalue weighted by Crippen LogP contribution is -2.17. The minimum Gasteiger partial charge on any atom is -0.382 e. The number of nitrogen functional groups attached to an aromatic ring is 1. The third-order valence-corrected chi connectivity index (χ3v) is 3.30. The van der Waals surface area contributed by atoms with Crippen LogP contribution in [0.15, 0.2) is 18.3 Å². The fourth-order valence-corrected chi connectivity index (χ4v) is 2.01. The molecule has 2 rings (SSSR count). The van der Waals surface area contributed by atoms with E-state index in [4.69, 9.17) is 15.9 Å². The van der Waals surface area contributed by atoms with Gasteiger partial charge in [-0.15, -0.1) is 0 Å². The van der Waals surface area contributed by atoms with E-state index in [1.54, 1.807) is 6.20 Å². The van der Waals surface area contributed by atoms with Gasteiger partial charge in [0.25, 0.3) is 0 Å². The lowest BCUT2D eigenvalue weighted by Gasteiger charge is -2.24. The van der Waals surface area contributed by atoms with Gasteiger partial charge in [0, 0.05) is 18.4 Å². The van der Waals surface area contributed by atoms with Crippen LogP contribution in [0.1, 0.15) is 36.9 Å². The molecule has 1 heterocycles. The zero-order valence-electron chi connectivity index (χ0n) is 9.98. The summed E-state index contributed by atoms with van der Waals surface area (Å²) in [5.41, 5.74) is 6.90. The molecule has 17 heavy (non-hydrogen) atoms. The Morgan fingerprint density at radius 3 is 3.00 bits per heavy atom. The molecule has 92 valence electrons. The molecule has 0 saturated heterocycles. The summed E-state index contributed by atoms with van der Waals surface area (Å²) in [6, 6.07) is 3.75. The normalized spacial score (nSPS) is 15.5. The van der Waals surface area contributed by atoms with Crippen molar-refractivity contribution in [1.82, 2.24) is 4.98 Å². The average molecular weight is 233 g/mol. The monoisotopic (exact) mass is 233 g/mol. The Hall–Kier alpha value is -1.42. The molecular weight excluding hydrogens is 214 g/mol. The molecule has 0 unspecified atom stereocenters. The summed E-state index contributed by atoms with van der Waals surface area (Å²) in [7, 11) is 0. The molecule has 0 bridgehead atoms. The first-order valence-corrected chi connectivity index (χ1v) is 6.13. The molecule has 0 aromatic carbocycles. The predicted octanol–water partition coefficient (Wildman–Crippen LogP) is 2.07. The summed E-state index contributed by atoms with van der Waals surface area (Å²) in [6.07, 6.45) is 6.88. The molecule has 1 fully saturated rings. The highest BCUT2D eigenvalue weighted by Crippen LogP contribution is 2.29. The highest BCUT2D eigenvalue weighted by Gasteiger charge is 2.16. The number of rotatable bonds is 6. The van der Waals surface area contributed by atoms with Crippen LogP contribution in [0, 0.1) is 11.3 Å². The molecule has 1 aromatic heterocycles. The van der Waals surface area contributed by atoms with Crippen LogP contribution in [-0.2, 0) is 11.3 Å². The maximum absolute atomic E-state index is 7.42. The van der Waals surface area contributed by atoms with Gasteiger partial charge >= 0.3 is 0 Å². The molecule has 0 atom stereocenters. The van der Waals surface area contributed by atoms with Gasteiger partial charge in [-0.2, -0.15) is 0 Å². The van der Waals surface area contributed by atoms with Crippen molar-refractivity contribution in [3.63, 3.8) is 0 Å². The molecule has 4 nitrogen and oxygen atoms in total. The van der Waals surface area contributed by atoms with Gasteiger partial charge < -0.3 is 10.5 Å². The molecule has 0 amide bonds. The maximum Gasteiger partial charge on any atom is 0.142 e. The predicted molar refractivity (Wildman–Crippen MR) is 66.9 cm³/mol. The van der Waals surface area contributed by atoms with Crippen LogP contribution < -0.4 is 5.73 Å². The van der Waals surface area contributed by atoms with Crippen LogP contribution in [0.25, 0.3) is 0 Å². The van der Waals surface area contributed by atoms with Crippen molar-refractivity contribution in [2.75, 3.05) is 6.61 Å². The van der Waals surface area contributed by atoms with E-state index in [0.29, 0.717) is 12.3 Å². The largest absolute Gasteiger partial charge is 0.382 e. The fraction of sp³-hybridized carbons (Fsp3) is 0.538. The van der Waals surface area contributed by atoms with E-state index >= 15 is 0 Å². The van der Waals surface area contributed by atoms with Crippen LogP contribution in [0.4, 0.5) is 0 Å². The van der Waals surface area contributed by atoms with Crippen molar-refractivity contribution in [2.24, 2.45) is 11.7 Å². The van der Waals surface area contributed by atoms with Crippen molar-refractivity contribution in [3.05, 3.63) is 29.6 Å². The average Bonchev–Trinajstić information content (AvgIpc) is 2.26. The number of hydrogen-bond donors (Lipinski definition) is 2. The summed E-state index contributed by atoms with van der Waals surface area (Å²) >= 11 is 0. The molecule has 0 spiro atoms. The Kier molecular flexibility index (Phi) is 4.09. The Morgan fingerprint density at radius 2 is 2.35 bits per heavy atom. The minimum absolute atomic E-state index is 0.00296. The van der Waals surface area contributed by atoms with E-state index in [9.17, 15) is 0 Å². The third-order valence-electron chi connectivity index (χ3n) is 3.30. The highest BCUT2D eigenvalue weighted by atomic mass is 16.5. The second kappa shape index (κ2) is 5.77. The van der Waals surface area contributed by atoms with Gasteiger partial charge in [0.1, 0.15) is 11.5 Å². The molecule has 3 N–H and O–H groups in total. The Balaban J connectivity index is 1.79. The summed E-state index contributed by atoms with van der Waals surface area (Å²) in [5, 5.41) is 7.42. The molecule has 1 aliphatic carbocycles. The van der Waals surface area contributed by atoms with Gasteiger partial charge in [-0.05, 0) is 18.4 Å². The highest BCUT2D eigenvalue weighted by molar-refractivity contribution is 5.94. The van der Waals surface area contributed by atoms with Gasteiger partial charge in [0.2, 0.25) is 0 Å². The van der Waals surface area contributed by atoms with E-state index in [0.717, 1.165) is 24.5 Å². The van der Waals surface area contributed by atoms with E-state index < -0.39 is 0 Å². The summed E-state index contributed by atoms with van der Waals surface area (Å²) in [6.45, 7) is 1.28. The molecule has 1 aromatic rings. The van der Waals surface area contributed by atoms with E-state index in [2.05, 4.69) is 4.98 Å². The van der Waals surface area contributed by atoms with E-state index in [-0.39, 0.29) is 5.84 Å². The lowest BCUT2D eigenvalue weighted by molar-refractivity contribution is 0.0947. The van der Waals surface area contributed by atoms with Crippen LogP contribution in [0.3, 0.4) is 0 Å². The Bertz CT molecular complexity index is 388. The van der Waals surface area contributed by atoms with Crippen molar-refractivity contribution in [3.8, 4) is 0 Å². The Labute approximate surface area is 102 Å². The lowest BCUT2D eigenvalue weighted by atomic mass is 9.83. The summed E-state index contributed by atoms with van der Waals surface area (Å²) < 4.78 is 5.62. The zero-order valence-corrected chi connectivity index (χ0v) is 9.98. The first-order valence-electron chi connectivity index (χ1n) is 6.13. The number of aromatic nitrogens is 1. The molecule has 1 saturated carbocycles. The van der Waals surface area contributed by atoms with Gasteiger partial charge in [-0.1, -0.05) is 25.3 Å². The van der Waals surface area contributed by atoms with Gasteiger partial charge in [-0.3, -0.25) is 10.4 Å². The van der Waals surface area contributed by atoms with Crippen molar-refractivity contribution < 1.29 is 4.74 Å². The van der Waals surface area contributed by atoms with Crippen LogP contribution in [0.5, 0.6) is 0 Å². The van der Waals surface area contributed by atoms with Crippen LogP contribution in [0.2, 0.25) is 0 Å². The number of amidine groups is 1. The van der Waals surface area contributed by atoms with Crippen molar-refractivity contribution >= 4 is 5.84 Å². The fourth-order valence-electron chi connectivity index (χ4n) is 2.01. The van der Waals surface area contributed by atoms with E-state index in [1.807, 2.05) is 12.1 Å². The first-order chi connectivity index (χ1) is 8.27. The summed E-state index contributed by atoms with van der Waals surface area (Å²) in [5.74, 6) is 0.874. The minimum atomic E-state index is 0.00296. The molecule has 1 aliphatic rings. The third kappa shape index (κ3) is 3.27. The van der Waals surface area contributed by atoms with Crippen molar-refractivity contribution in [1.29, 1.82) is 5.41 Å². The molecule has 0 radical (unpaired) electrons. The van der Waals surface area contributed by atoms with Gasteiger partial charge in [-0.25, -0.2) is 0 Å². The van der Waals surface area contributed by atoms with Crippen molar-refractivity contribution in [2.45, 2.75) is 32.3 Å². The number of ether oxygens (including phenoxy) is 1. The quantitative estimate of drug-likeness (QED) is 0.449. The number of nitrogens with two attached hydrogens (primary N) is 1.